The van der Waals surface area contributed by atoms with Crippen molar-refractivity contribution in [2.24, 2.45) is 0 Å². The average molecular weight is 215 g/mol. The molecule has 0 amide bonds. The van der Waals surface area contributed by atoms with E-state index in [2.05, 4.69) is 22.3 Å². The van der Waals surface area contributed by atoms with Crippen molar-refractivity contribution in [3.05, 3.63) is 34.6 Å². The molecular weight excluding hydrogens is 198 g/mol. The third-order valence-corrected chi connectivity index (χ3v) is 3.01. The van der Waals surface area contributed by atoms with E-state index >= 15 is 0 Å². The monoisotopic (exact) mass is 215 g/mol. The molecule has 3 N–H and O–H groups in total. The molecule has 0 unspecified atom stereocenters. The molecule has 16 heavy (non-hydrogen) atoms. The van der Waals surface area contributed by atoms with E-state index in [0.717, 1.165) is 28.2 Å². The Bertz CT molecular complexity index is 496. The summed E-state index contributed by atoms with van der Waals surface area (Å²) in [5.74, 6) is 0. The summed E-state index contributed by atoms with van der Waals surface area (Å²) in [7, 11) is 0. The Hall–Kier alpha value is -1.77. The Kier molecular flexibility index (Phi) is 2.46. The van der Waals surface area contributed by atoms with E-state index in [0.29, 0.717) is 0 Å². The number of nitrogens with one attached hydrogen (secondary N) is 1. The molecule has 0 aliphatic heterocycles. The lowest BCUT2D eigenvalue weighted by atomic mass is 9.98. The summed E-state index contributed by atoms with van der Waals surface area (Å²) in [6, 6.07) is 4.24. The number of anilines is 1. The molecule has 0 aliphatic rings. The van der Waals surface area contributed by atoms with Gasteiger partial charge in [0.05, 0.1) is 5.69 Å². The SMILES string of the molecule is Cc1cc(-c2c(C)n[nH]c2C)cc(C)c1N. The van der Waals surface area contributed by atoms with Crippen LogP contribution in [-0.2, 0) is 0 Å². The number of aromatic amines is 1. The van der Waals surface area contributed by atoms with Crippen LogP contribution in [0.2, 0.25) is 0 Å². The molecule has 0 saturated carbocycles. The zero-order valence-corrected chi connectivity index (χ0v) is 10.2. The second-order valence-electron chi connectivity index (χ2n) is 4.33. The Morgan fingerprint density at radius 2 is 1.62 bits per heavy atom. The first-order valence-electron chi connectivity index (χ1n) is 5.39. The average Bonchev–Trinajstić information content (AvgIpc) is 2.54. The number of H-pyrrole nitrogens is 1. The summed E-state index contributed by atoms with van der Waals surface area (Å²) < 4.78 is 0. The van der Waals surface area contributed by atoms with Crippen molar-refractivity contribution in [3.8, 4) is 11.1 Å². The zero-order chi connectivity index (χ0) is 11.9. The lowest BCUT2D eigenvalue weighted by molar-refractivity contribution is 1.02. The first-order chi connectivity index (χ1) is 7.50. The first kappa shape index (κ1) is 10.7. The van der Waals surface area contributed by atoms with E-state index < -0.39 is 0 Å². The van der Waals surface area contributed by atoms with E-state index in [1.54, 1.807) is 0 Å². The molecule has 84 valence electrons. The summed E-state index contributed by atoms with van der Waals surface area (Å²) in [6.07, 6.45) is 0. The van der Waals surface area contributed by atoms with E-state index in [1.165, 1.54) is 11.1 Å². The fourth-order valence-electron chi connectivity index (χ4n) is 2.10. The van der Waals surface area contributed by atoms with Gasteiger partial charge in [-0.1, -0.05) is 0 Å². The summed E-state index contributed by atoms with van der Waals surface area (Å²) in [6.45, 7) is 8.13. The van der Waals surface area contributed by atoms with Gasteiger partial charge >= 0.3 is 0 Å². The molecule has 2 rings (SSSR count). The van der Waals surface area contributed by atoms with Crippen molar-refractivity contribution in [1.82, 2.24) is 10.2 Å². The van der Waals surface area contributed by atoms with Crippen LogP contribution in [0.5, 0.6) is 0 Å². The van der Waals surface area contributed by atoms with Gasteiger partial charge in [-0.15, -0.1) is 0 Å². The minimum absolute atomic E-state index is 0.877. The van der Waals surface area contributed by atoms with E-state index in [-0.39, 0.29) is 0 Å². The van der Waals surface area contributed by atoms with Crippen LogP contribution in [0.15, 0.2) is 12.1 Å². The minimum atomic E-state index is 0.877. The predicted molar refractivity (Wildman–Crippen MR) is 67.4 cm³/mol. The number of benzene rings is 1. The molecule has 0 aliphatic carbocycles. The van der Waals surface area contributed by atoms with Crippen LogP contribution < -0.4 is 5.73 Å². The molecule has 0 fully saturated rings. The van der Waals surface area contributed by atoms with Crippen molar-refractivity contribution < 1.29 is 0 Å². The van der Waals surface area contributed by atoms with Crippen LogP contribution in [0, 0.1) is 27.7 Å². The lowest BCUT2D eigenvalue weighted by Crippen LogP contribution is -1.95. The topological polar surface area (TPSA) is 54.7 Å². The number of nitrogen functional groups attached to an aromatic ring is 1. The van der Waals surface area contributed by atoms with Gasteiger partial charge in [-0.25, -0.2) is 0 Å². The Morgan fingerprint density at radius 3 is 2.06 bits per heavy atom. The summed E-state index contributed by atoms with van der Waals surface area (Å²) in [5, 5.41) is 7.23. The van der Waals surface area contributed by atoms with Crippen LogP contribution in [0.4, 0.5) is 5.69 Å². The number of rotatable bonds is 1. The molecule has 0 spiro atoms. The molecular formula is C13H17N3. The fourth-order valence-corrected chi connectivity index (χ4v) is 2.10. The number of hydrogen-bond acceptors (Lipinski definition) is 2. The van der Waals surface area contributed by atoms with Gasteiger partial charge in [0.2, 0.25) is 0 Å². The number of nitrogens with zero attached hydrogens (tertiary/aromatic N) is 1. The molecule has 1 heterocycles. The van der Waals surface area contributed by atoms with E-state index in [9.17, 15) is 0 Å². The fraction of sp³-hybridized carbons (Fsp3) is 0.308. The zero-order valence-electron chi connectivity index (χ0n) is 10.2. The second-order valence-corrected chi connectivity index (χ2v) is 4.33. The number of nitrogens with two attached hydrogens (primary N) is 1. The van der Waals surface area contributed by atoms with Gasteiger partial charge in [0, 0.05) is 16.9 Å². The van der Waals surface area contributed by atoms with E-state index in [1.807, 2.05) is 27.7 Å². The van der Waals surface area contributed by atoms with Crippen LogP contribution >= 0.6 is 0 Å². The molecule has 2 aromatic rings. The van der Waals surface area contributed by atoms with Crippen molar-refractivity contribution in [2.45, 2.75) is 27.7 Å². The second kappa shape index (κ2) is 3.67. The molecule has 1 aromatic carbocycles. The van der Waals surface area contributed by atoms with Gasteiger partial charge in [-0.3, -0.25) is 5.10 Å². The number of aryl methyl sites for hydroxylation is 4. The largest absolute Gasteiger partial charge is 0.398 e. The van der Waals surface area contributed by atoms with Crippen molar-refractivity contribution >= 4 is 5.69 Å². The van der Waals surface area contributed by atoms with Crippen LogP contribution in [-0.4, -0.2) is 10.2 Å². The lowest BCUT2D eigenvalue weighted by Gasteiger charge is -2.09. The van der Waals surface area contributed by atoms with Crippen LogP contribution in [0.25, 0.3) is 11.1 Å². The number of hydrogen-bond donors (Lipinski definition) is 2. The van der Waals surface area contributed by atoms with Gasteiger partial charge < -0.3 is 5.73 Å². The van der Waals surface area contributed by atoms with Crippen LogP contribution in [0.1, 0.15) is 22.5 Å². The minimum Gasteiger partial charge on any atom is -0.398 e. The predicted octanol–water partition coefficient (Wildman–Crippen LogP) is 2.89. The molecule has 0 radical (unpaired) electrons. The van der Waals surface area contributed by atoms with Crippen LogP contribution in [0.3, 0.4) is 0 Å². The van der Waals surface area contributed by atoms with Crippen molar-refractivity contribution in [2.75, 3.05) is 5.73 Å². The Balaban J connectivity index is 2.66. The quantitative estimate of drug-likeness (QED) is 0.719. The highest BCUT2D eigenvalue weighted by atomic mass is 15.1. The van der Waals surface area contributed by atoms with Gasteiger partial charge in [0.1, 0.15) is 0 Å². The summed E-state index contributed by atoms with van der Waals surface area (Å²) in [4.78, 5) is 0. The highest BCUT2D eigenvalue weighted by Crippen LogP contribution is 2.29. The summed E-state index contributed by atoms with van der Waals surface area (Å²) >= 11 is 0. The highest BCUT2D eigenvalue weighted by molar-refractivity contribution is 5.73. The summed E-state index contributed by atoms with van der Waals surface area (Å²) in [5.41, 5.74) is 13.6. The third kappa shape index (κ3) is 1.58. The smallest absolute Gasteiger partial charge is 0.0672 e. The maximum atomic E-state index is 5.96. The molecule has 1 aromatic heterocycles. The van der Waals surface area contributed by atoms with Crippen molar-refractivity contribution in [1.29, 1.82) is 0 Å². The maximum Gasteiger partial charge on any atom is 0.0672 e. The molecule has 3 nitrogen and oxygen atoms in total. The Morgan fingerprint density at radius 1 is 1.06 bits per heavy atom. The normalized spacial score (nSPS) is 10.8. The molecule has 0 atom stereocenters. The molecule has 0 saturated heterocycles. The molecule has 0 bridgehead atoms. The van der Waals surface area contributed by atoms with Gasteiger partial charge in [0.15, 0.2) is 0 Å². The Labute approximate surface area is 95.7 Å². The molecule has 3 heteroatoms. The van der Waals surface area contributed by atoms with Gasteiger partial charge in [-0.2, -0.15) is 5.10 Å². The highest BCUT2D eigenvalue weighted by Gasteiger charge is 2.11. The van der Waals surface area contributed by atoms with Crippen molar-refractivity contribution in [3.63, 3.8) is 0 Å². The third-order valence-electron chi connectivity index (χ3n) is 3.01. The van der Waals surface area contributed by atoms with E-state index in [4.69, 9.17) is 5.73 Å². The maximum absolute atomic E-state index is 5.96. The van der Waals surface area contributed by atoms with Gasteiger partial charge in [0.25, 0.3) is 0 Å². The van der Waals surface area contributed by atoms with Gasteiger partial charge in [-0.05, 0) is 56.5 Å². The number of aromatic nitrogens is 2. The first-order valence-corrected chi connectivity index (χ1v) is 5.39. The standard InChI is InChI=1S/C13H17N3/c1-7-5-11(6-8(2)13(7)14)12-9(3)15-16-10(12)4/h5-6H,14H2,1-4H3,(H,15,16).